The second-order valence-corrected chi connectivity index (χ2v) is 23.0. The molecule has 0 rings (SSSR count). The summed E-state index contributed by atoms with van der Waals surface area (Å²) in [6.45, 7) is 2.39. The van der Waals surface area contributed by atoms with Gasteiger partial charge in [-0.25, -0.2) is 9.13 Å². The number of carbonyl (C=O) groups excluding carboxylic acids is 3. The van der Waals surface area contributed by atoms with Crippen molar-refractivity contribution in [3.8, 4) is 0 Å². The normalized spacial score (nSPS) is 15.1. The van der Waals surface area contributed by atoms with Crippen molar-refractivity contribution in [2.24, 2.45) is 0 Å². The zero-order chi connectivity index (χ0) is 59.6. The van der Waals surface area contributed by atoms with E-state index in [2.05, 4.69) is 118 Å². The van der Waals surface area contributed by atoms with Crippen molar-refractivity contribution in [2.45, 2.75) is 245 Å². The number of ether oxygens (including phenoxy) is 3. The Labute approximate surface area is 488 Å². The second kappa shape index (κ2) is 56.9. The van der Waals surface area contributed by atoms with E-state index in [0.717, 1.165) is 128 Å². The second-order valence-electron chi connectivity index (χ2n) is 20.1. The van der Waals surface area contributed by atoms with Gasteiger partial charge in [-0.05, 0) is 116 Å². The third-order valence-electron chi connectivity index (χ3n) is 12.3. The van der Waals surface area contributed by atoms with Crippen LogP contribution in [0.1, 0.15) is 226 Å². The molecule has 18 heteroatoms. The lowest BCUT2D eigenvalue weighted by molar-refractivity contribution is -0.161. The van der Waals surface area contributed by atoms with Crippen LogP contribution in [0, 0.1) is 0 Å². The molecule has 466 valence electrons. The minimum Gasteiger partial charge on any atom is -0.463 e. The Morgan fingerprint density at radius 1 is 0.358 bits per heavy atom. The monoisotopic (exact) mass is 1180 g/mol. The molecular weight excluding hydrogens is 1070 g/mol. The predicted octanol–water partition coefficient (Wildman–Crippen LogP) is 16.0. The molecule has 0 aliphatic rings. The van der Waals surface area contributed by atoms with Gasteiger partial charge < -0.3 is 34.2 Å². The number of phosphoric acid groups is 2. The fourth-order valence-electron chi connectivity index (χ4n) is 7.55. The van der Waals surface area contributed by atoms with Crippen LogP contribution in [0.3, 0.4) is 0 Å². The third kappa shape index (κ3) is 58.1. The lowest BCUT2D eigenvalue weighted by Gasteiger charge is -2.21. The highest BCUT2D eigenvalue weighted by molar-refractivity contribution is 7.47. The number of phosphoric ester groups is 2. The minimum atomic E-state index is -4.92. The number of rotatable bonds is 57. The molecule has 0 bridgehead atoms. The van der Waals surface area contributed by atoms with Gasteiger partial charge in [-0.3, -0.25) is 32.5 Å². The molecule has 5 unspecified atom stereocenters. The van der Waals surface area contributed by atoms with Gasteiger partial charge >= 0.3 is 33.6 Å². The van der Waals surface area contributed by atoms with E-state index >= 15 is 0 Å². The van der Waals surface area contributed by atoms with E-state index in [1.54, 1.807) is 0 Å². The maximum atomic E-state index is 12.8. The summed E-state index contributed by atoms with van der Waals surface area (Å²) in [6.07, 6.45) is 59.2. The molecule has 0 heterocycles. The van der Waals surface area contributed by atoms with E-state index in [4.69, 9.17) is 32.3 Å². The van der Waals surface area contributed by atoms with E-state index in [9.17, 15) is 43.5 Å². The predicted molar refractivity (Wildman–Crippen MR) is 325 cm³/mol. The first-order valence-electron chi connectivity index (χ1n) is 30.5. The van der Waals surface area contributed by atoms with Crippen LogP contribution in [-0.4, -0.2) is 95.9 Å². The van der Waals surface area contributed by atoms with E-state index in [0.29, 0.717) is 19.3 Å². The maximum absolute atomic E-state index is 12.8. The Morgan fingerprint density at radius 2 is 0.667 bits per heavy atom. The Morgan fingerprint density at radius 3 is 1.11 bits per heavy atom. The Kier molecular flexibility index (Phi) is 54.4. The van der Waals surface area contributed by atoms with Crippen LogP contribution in [0.25, 0.3) is 0 Å². The molecule has 5 atom stereocenters. The van der Waals surface area contributed by atoms with Gasteiger partial charge in [0.2, 0.25) is 0 Å². The Balaban J connectivity index is 4.63. The summed E-state index contributed by atoms with van der Waals surface area (Å²) in [5.74, 6) is -1.64. The summed E-state index contributed by atoms with van der Waals surface area (Å²) < 4.78 is 60.5. The summed E-state index contributed by atoms with van der Waals surface area (Å²) in [5, 5.41) is 20.4. The molecule has 0 saturated carbocycles. The van der Waals surface area contributed by atoms with Gasteiger partial charge in [0.25, 0.3) is 0 Å². The number of carbonyl (C=O) groups is 3. The maximum Gasteiger partial charge on any atom is 0.472 e. The van der Waals surface area contributed by atoms with E-state index in [1.807, 2.05) is 0 Å². The average Bonchev–Trinajstić information content (AvgIpc) is 3.45. The van der Waals surface area contributed by atoms with Crippen molar-refractivity contribution in [1.82, 2.24) is 0 Å². The molecule has 0 spiro atoms. The molecule has 0 aromatic carbocycles. The van der Waals surface area contributed by atoms with Crippen LogP contribution in [0.5, 0.6) is 0 Å². The molecule has 0 aliphatic heterocycles. The van der Waals surface area contributed by atoms with Crippen molar-refractivity contribution in [3.05, 3.63) is 97.2 Å². The smallest absolute Gasteiger partial charge is 0.463 e. The summed E-state index contributed by atoms with van der Waals surface area (Å²) >= 11 is 0. The molecule has 0 amide bonds. The standard InChI is InChI=1S/C63H108O16P2/c1-4-7-10-13-16-19-22-24-25-26-27-28-29-30-31-33-36-37-40-43-46-49-61(66)73-52-58(64)53-75-80(69,70)76-54-59(65)55-77-81(71,72)78-57-60(79-63(68)51-48-45-42-39-34-21-18-15-12-9-6-3)56-74-62(67)50-47-44-41-38-35-32-23-20-17-14-11-8-5-2/h7,10,15-16,18-20,23-25,27-28,30-31,36-37,58-60,64-65H,4-6,8-9,11-14,17,21-22,26,29,32-35,38-57H2,1-3H3,(H,69,70)(H,71,72)/b10-7-,18-15-,19-16-,23-20-,25-24-,28-27-,31-30-,37-36-. The van der Waals surface area contributed by atoms with Crippen molar-refractivity contribution < 1.29 is 75.8 Å². The van der Waals surface area contributed by atoms with Crippen molar-refractivity contribution in [2.75, 3.05) is 39.6 Å². The fraction of sp³-hybridized carbons (Fsp3) is 0.698. The van der Waals surface area contributed by atoms with Gasteiger partial charge in [0, 0.05) is 19.3 Å². The van der Waals surface area contributed by atoms with Crippen LogP contribution >= 0.6 is 15.6 Å². The summed E-state index contributed by atoms with van der Waals surface area (Å²) in [6, 6.07) is 0. The number of unbranched alkanes of at least 4 members (excludes halogenated alkanes) is 18. The van der Waals surface area contributed by atoms with Gasteiger partial charge in [0.1, 0.15) is 25.4 Å². The number of esters is 3. The minimum absolute atomic E-state index is 0.0910. The number of allylic oxidation sites excluding steroid dienone is 16. The van der Waals surface area contributed by atoms with Crippen LogP contribution in [0.15, 0.2) is 97.2 Å². The van der Waals surface area contributed by atoms with Crippen LogP contribution < -0.4 is 0 Å². The average molecular weight is 1180 g/mol. The van der Waals surface area contributed by atoms with Crippen molar-refractivity contribution in [1.29, 1.82) is 0 Å². The van der Waals surface area contributed by atoms with E-state index in [-0.39, 0.29) is 19.3 Å². The lowest BCUT2D eigenvalue weighted by Crippen LogP contribution is -2.30. The first kappa shape index (κ1) is 77.5. The summed E-state index contributed by atoms with van der Waals surface area (Å²) in [4.78, 5) is 58.0. The van der Waals surface area contributed by atoms with Crippen LogP contribution in [-0.2, 0) is 55.8 Å². The molecule has 16 nitrogen and oxygen atoms in total. The molecule has 81 heavy (non-hydrogen) atoms. The quantitative estimate of drug-likeness (QED) is 0.0146. The highest BCUT2D eigenvalue weighted by Crippen LogP contribution is 2.45. The van der Waals surface area contributed by atoms with Gasteiger partial charge in [0.15, 0.2) is 6.10 Å². The molecule has 0 aliphatic carbocycles. The van der Waals surface area contributed by atoms with Crippen LogP contribution in [0.4, 0.5) is 0 Å². The Hall–Kier alpha value is -3.53. The molecule has 0 fully saturated rings. The zero-order valence-electron chi connectivity index (χ0n) is 49.9. The first-order chi connectivity index (χ1) is 39.2. The molecule has 0 aromatic rings. The van der Waals surface area contributed by atoms with E-state index in [1.165, 1.54) is 38.5 Å². The highest BCUT2D eigenvalue weighted by Gasteiger charge is 2.29. The largest absolute Gasteiger partial charge is 0.472 e. The zero-order valence-corrected chi connectivity index (χ0v) is 51.7. The van der Waals surface area contributed by atoms with Crippen molar-refractivity contribution >= 4 is 33.6 Å². The first-order valence-corrected chi connectivity index (χ1v) is 33.5. The molecule has 4 N–H and O–H groups in total. The number of hydrogen-bond acceptors (Lipinski definition) is 14. The summed E-state index contributed by atoms with van der Waals surface area (Å²) in [5.41, 5.74) is 0. The highest BCUT2D eigenvalue weighted by atomic mass is 31.2. The van der Waals surface area contributed by atoms with E-state index < -0.39 is 91.5 Å². The third-order valence-corrected chi connectivity index (χ3v) is 14.2. The SMILES string of the molecule is CC/C=C\C/C=C\C/C=C\C/C=C\C/C=C\C/C=C\CCCCC(=O)OCC(O)COP(=O)(O)OCC(O)COP(=O)(O)OCC(COC(=O)CCCCCCC/C=C\CCCCCC)OC(=O)CCCCCCC/C=C\CCCC. The molecule has 0 aromatic heterocycles. The van der Waals surface area contributed by atoms with Gasteiger partial charge in [-0.1, -0.05) is 189 Å². The number of hydrogen-bond donors (Lipinski definition) is 4. The molecule has 0 radical (unpaired) electrons. The Bertz CT molecular complexity index is 1870. The number of aliphatic hydroxyl groups is 2. The van der Waals surface area contributed by atoms with Gasteiger partial charge in [0.05, 0.1) is 26.4 Å². The number of aliphatic hydroxyl groups excluding tert-OH is 2. The molecular formula is C63H108O16P2. The molecule has 0 saturated heterocycles. The fourth-order valence-corrected chi connectivity index (χ4v) is 9.13. The van der Waals surface area contributed by atoms with Gasteiger partial charge in [-0.2, -0.15) is 0 Å². The summed E-state index contributed by atoms with van der Waals surface area (Å²) in [7, 11) is -9.77. The van der Waals surface area contributed by atoms with Gasteiger partial charge in [-0.15, -0.1) is 0 Å². The van der Waals surface area contributed by atoms with Crippen LogP contribution in [0.2, 0.25) is 0 Å². The topological polar surface area (TPSA) is 231 Å². The van der Waals surface area contributed by atoms with Crippen molar-refractivity contribution in [3.63, 3.8) is 0 Å². The lowest BCUT2D eigenvalue weighted by atomic mass is 10.1.